The summed E-state index contributed by atoms with van der Waals surface area (Å²) in [7, 11) is 1.73. The second-order valence-corrected chi connectivity index (χ2v) is 5.73. The maximum absolute atomic E-state index is 5.53. The van der Waals surface area contributed by atoms with E-state index in [0.29, 0.717) is 0 Å². The smallest absolute Gasteiger partial charge is 0.479 e. The molecule has 0 radical (unpaired) electrons. The van der Waals surface area contributed by atoms with E-state index in [0.717, 1.165) is 19.6 Å². The second-order valence-electron chi connectivity index (χ2n) is 2.61. The zero-order valence-corrected chi connectivity index (χ0v) is 7.85. The Morgan fingerprint density at radius 2 is 2.30 bits per heavy atom. The van der Waals surface area contributed by atoms with Crippen LogP contribution in [0.4, 0.5) is 0 Å². The van der Waals surface area contributed by atoms with Crippen LogP contribution in [-0.4, -0.2) is 36.2 Å². The molecular weight excluding hydrogens is 148 g/mol. The van der Waals surface area contributed by atoms with Crippen LogP contribution in [0.15, 0.2) is 0 Å². The molecule has 1 fully saturated rings. The Kier molecular flexibility index (Phi) is 2.46. The summed E-state index contributed by atoms with van der Waals surface area (Å²) in [6, 6.07) is 0. The lowest BCUT2D eigenvalue weighted by Crippen LogP contribution is -2.52. The van der Waals surface area contributed by atoms with Crippen LogP contribution < -0.4 is 0 Å². The van der Waals surface area contributed by atoms with Crippen molar-refractivity contribution in [1.29, 1.82) is 0 Å². The Bertz CT molecular complexity index is 120. The van der Waals surface area contributed by atoms with Gasteiger partial charge in [0.2, 0.25) is 0 Å². The first kappa shape index (κ1) is 8.20. The van der Waals surface area contributed by atoms with Gasteiger partial charge in [-0.05, 0) is 0 Å². The van der Waals surface area contributed by atoms with E-state index in [1.165, 1.54) is 0 Å². The first-order valence-electron chi connectivity index (χ1n) is 3.51. The molecule has 1 rings (SSSR count). The predicted molar refractivity (Wildman–Crippen MR) is 41.1 cm³/mol. The van der Waals surface area contributed by atoms with Gasteiger partial charge in [0.25, 0.3) is 0 Å². The molecule has 10 heavy (non-hydrogen) atoms. The topological polar surface area (TPSA) is 21.2 Å². The van der Waals surface area contributed by atoms with Gasteiger partial charge in [-0.2, -0.15) is 0 Å². The monoisotopic (exact) mass is 163 g/mol. The molecular formula is C6H15O3Si+. The highest BCUT2D eigenvalue weighted by molar-refractivity contribution is 6.60. The minimum absolute atomic E-state index is 0.841. The maximum atomic E-state index is 5.53. The Hall–Kier alpha value is 0.0969. The molecule has 1 atom stereocenters. The normalized spacial score (nSPS) is 36.3. The minimum Gasteiger partial charge on any atom is -0.479 e. The fourth-order valence-electron chi connectivity index (χ4n) is 1.02. The summed E-state index contributed by atoms with van der Waals surface area (Å²) >= 11 is 0. The van der Waals surface area contributed by atoms with Crippen molar-refractivity contribution in [2.75, 3.05) is 27.4 Å². The quantitative estimate of drug-likeness (QED) is 0.421. The van der Waals surface area contributed by atoms with Gasteiger partial charge < -0.3 is 12.9 Å². The molecule has 0 N–H and O–H groups in total. The Balaban J connectivity index is 2.54. The third-order valence-electron chi connectivity index (χ3n) is 1.96. The summed E-state index contributed by atoms with van der Waals surface area (Å²) in [6.45, 7) is 3.90. The molecule has 0 bridgehead atoms. The van der Waals surface area contributed by atoms with E-state index < -0.39 is 8.80 Å². The van der Waals surface area contributed by atoms with Crippen LogP contribution in [0.2, 0.25) is 6.55 Å². The van der Waals surface area contributed by atoms with E-state index in [-0.39, 0.29) is 0 Å². The van der Waals surface area contributed by atoms with Crippen molar-refractivity contribution in [2.45, 2.75) is 13.0 Å². The van der Waals surface area contributed by atoms with Gasteiger partial charge in [0.05, 0.1) is 13.2 Å². The van der Waals surface area contributed by atoms with E-state index in [1.807, 2.05) is 13.7 Å². The molecule has 1 aliphatic heterocycles. The molecule has 4 heteroatoms. The van der Waals surface area contributed by atoms with Gasteiger partial charge >= 0.3 is 8.80 Å². The second kappa shape index (κ2) is 3.00. The first-order valence-corrected chi connectivity index (χ1v) is 5.73. The van der Waals surface area contributed by atoms with E-state index in [9.17, 15) is 0 Å². The van der Waals surface area contributed by atoms with Crippen LogP contribution in [0.3, 0.4) is 0 Å². The Morgan fingerprint density at radius 1 is 1.60 bits per heavy atom. The van der Waals surface area contributed by atoms with E-state index in [2.05, 4.69) is 4.06 Å². The lowest BCUT2D eigenvalue weighted by atomic mass is 10.5. The van der Waals surface area contributed by atoms with Gasteiger partial charge in [-0.25, -0.2) is 0 Å². The molecule has 0 aromatic heterocycles. The molecule has 0 saturated carbocycles. The highest BCUT2D eigenvalue weighted by Gasteiger charge is 2.51. The lowest BCUT2D eigenvalue weighted by Gasteiger charge is -2.32. The summed E-state index contributed by atoms with van der Waals surface area (Å²) in [5.74, 6) is 0. The van der Waals surface area contributed by atoms with Crippen LogP contribution >= 0.6 is 0 Å². The van der Waals surface area contributed by atoms with Crippen molar-refractivity contribution in [3.05, 3.63) is 0 Å². The van der Waals surface area contributed by atoms with Crippen LogP contribution in [0.25, 0.3) is 0 Å². The standard InChI is InChI=1S/C6H15O3Si/c1-7-10(3)8-5-4-6-9(10)2/h4-6H2,1-3H3/q+1. The minimum atomic E-state index is -1.96. The number of hydrogen-bond acceptors (Lipinski definition) is 2. The van der Waals surface area contributed by atoms with E-state index >= 15 is 0 Å². The molecule has 1 heterocycles. The Labute approximate surface area is 63.0 Å². The lowest BCUT2D eigenvalue weighted by molar-refractivity contribution is -0.0887. The summed E-state index contributed by atoms with van der Waals surface area (Å²) in [6.07, 6.45) is 1.09. The fourth-order valence-corrected chi connectivity index (χ4v) is 2.65. The summed E-state index contributed by atoms with van der Waals surface area (Å²) in [5, 5.41) is 0. The average molecular weight is 163 g/mol. The molecule has 0 aromatic carbocycles. The van der Waals surface area contributed by atoms with Gasteiger partial charge in [-0.3, -0.25) is 0 Å². The molecule has 1 aliphatic rings. The molecule has 0 amide bonds. The van der Waals surface area contributed by atoms with E-state index in [1.54, 1.807) is 7.11 Å². The van der Waals surface area contributed by atoms with Gasteiger partial charge in [0.15, 0.2) is 0 Å². The average Bonchev–Trinajstić information content (AvgIpc) is 1.96. The summed E-state index contributed by atoms with van der Waals surface area (Å²) in [5.41, 5.74) is 0. The molecule has 0 aromatic rings. The molecule has 0 aliphatic carbocycles. The first-order chi connectivity index (χ1) is 4.69. The van der Waals surface area contributed by atoms with Crippen LogP contribution in [0.5, 0.6) is 0 Å². The van der Waals surface area contributed by atoms with Crippen molar-refractivity contribution in [3.63, 3.8) is 0 Å². The van der Waals surface area contributed by atoms with Crippen molar-refractivity contribution in [3.8, 4) is 0 Å². The van der Waals surface area contributed by atoms with Gasteiger partial charge in [0.1, 0.15) is 13.7 Å². The van der Waals surface area contributed by atoms with Crippen molar-refractivity contribution in [1.82, 2.24) is 0 Å². The zero-order valence-electron chi connectivity index (χ0n) is 6.85. The predicted octanol–water partition coefficient (Wildman–Crippen LogP) is 0.804. The third-order valence-corrected chi connectivity index (χ3v) is 4.90. The van der Waals surface area contributed by atoms with Crippen LogP contribution in [0, 0.1) is 0 Å². The number of rotatable bonds is 1. The van der Waals surface area contributed by atoms with Gasteiger partial charge in [-0.15, -0.1) is 0 Å². The molecule has 3 nitrogen and oxygen atoms in total. The third kappa shape index (κ3) is 1.40. The largest absolute Gasteiger partial charge is 0.715 e. The van der Waals surface area contributed by atoms with Gasteiger partial charge in [-0.1, -0.05) is 0 Å². The molecule has 1 unspecified atom stereocenters. The van der Waals surface area contributed by atoms with E-state index in [4.69, 9.17) is 8.85 Å². The maximum Gasteiger partial charge on any atom is 0.715 e. The van der Waals surface area contributed by atoms with Crippen LogP contribution in [0.1, 0.15) is 6.42 Å². The van der Waals surface area contributed by atoms with Crippen LogP contribution in [-0.2, 0) is 12.9 Å². The molecule has 0 spiro atoms. The summed E-state index contributed by atoms with van der Waals surface area (Å²) in [4.78, 5) is 0. The fraction of sp³-hybridized carbons (Fsp3) is 1.00. The van der Waals surface area contributed by atoms with Gasteiger partial charge in [0, 0.05) is 13.5 Å². The van der Waals surface area contributed by atoms with Crippen molar-refractivity contribution >= 4 is 8.80 Å². The highest BCUT2D eigenvalue weighted by atomic mass is 28.4. The Morgan fingerprint density at radius 3 is 2.70 bits per heavy atom. The van der Waals surface area contributed by atoms with Crippen molar-refractivity contribution in [2.24, 2.45) is 0 Å². The SMILES string of the molecule is CO[Si]1(C)OCCC[O+]1C. The number of hydrogen-bond donors (Lipinski definition) is 0. The highest BCUT2D eigenvalue weighted by Crippen LogP contribution is 2.19. The summed E-state index contributed by atoms with van der Waals surface area (Å²) < 4.78 is 13.8. The molecule has 1 saturated heterocycles. The zero-order chi connectivity index (χ0) is 7.61. The van der Waals surface area contributed by atoms with Crippen molar-refractivity contribution < 1.29 is 12.9 Å². The molecule has 60 valence electrons.